The number of cyclic esters (lactones) is 1. The van der Waals surface area contributed by atoms with Gasteiger partial charge in [0, 0.05) is 6.92 Å². The lowest BCUT2D eigenvalue weighted by molar-refractivity contribution is -0.149. The molecule has 2 rings (SSSR count). The Morgan fingerprint density at radius 3 is 2.80 bits per heavy atom. The molecule has 0 saturated heterocycles. The van der Waals surface area contributed by atoms with Crippen LogP contribution in [0.2, 0.25) is 0 Å². The number of ether oxygens (including phenoxy) is 3. The summed E-state index contributed by atoms with van der Waals surface area (Å²) < 4.78 is 15.8. The molecule has 0 radical (unpaired) electrons. The van der Waals surface area contributed by atoms with Gasteiger partial charge in [0.05, 0.1) is 17.2 Å². The van der Waals surface area contributed by atoms with Crippen LogP contribution in [0.3, 0.4) is 0 Å². The van der Waals surface area contributed by atoms with Gasteiger partial charge in [-0.15, -0.1) is 0 Å². The molecule has 0 aromatic heterocycles. The number of carbonyl (C=O) groups excluding carboxylic acids is 2. The van der Waals surface area contributed by atoms with Crippen molar-refractivity contribution >= 4 is 33.4 Å². The monoisotopic (exact) mass is 340 g/mol. The first kappa shape index (κ1) is 14.6. The van der Waals surface area contributed by atoms with Crippen molar-refractivity contribution in [3.8, 4) is 5.75 Å². The number of esters is 2. The minimum Gasteiger partial charge on any atom is -0.496 e. The van der Waals surface area contributed by atoms with Gasteiger partial charge < -0.3 is 14.2 Å². The Morgan fingerprint density at radius 1 is 1.45 bits per heavy atom. The summed E-state index contributed by atoms with van der Waals surface area (Å²) in [6.07, 6.45) is 1.11. The summed E-state index contributed by atoms with van der Waals surface area (Å²) in [6, 6.07) is 5.30. The molecule has 0 aliphatic carbocycles. The van der Waals surface area contributed by atoms with E-state index in [1.165, 1.54) is 6.92 Å². The van der Waals surface area contributed by atoms with Gasteiger partial charge in [-0.1, -0.05) is 6.07 Å². The molecule has 0 saturated carbocycles. The molecule has 1 aromatic rings. The maximum atomic E-state index is 11.8. The predicted octanol–water partition coefficient (Wildman–Crippen LogP) is 2.33. The number of rotatable bonds is 4. The van der Waals surface area contributed by atoms with E-state index < -0.39 is 18.0 Å². The Hall–Kier alpha value is -1.82. The van der Waals surface area contributed by atoms with Gasteiger partial charge in [0.1, 0.15) is 12.4 Å². The van der Waals surface area contributed by atoms with Crippen LogP contribution in [0.5, 0.6) is 5.75 Å². The number of methoxy groups -OCH3 is 1. The van der Waals surface area contributed by atoms with Gasteiger partial charge in [0.25, 0.3) is 0 Å². The molecular formula is C14H13BrO5. The van der Waals surface area contributed by atoms with Gasteiger partial charge in [0.2, 0.25) is 0 Å². The summed E-state index contributed by atoms with van der Waals surface area (Å²) in [4.78, 5) is 22.6. The molecule has 106 valence electrons. The maximum absolute atomic E-state index is 11.8. The minimum absolute atomic E-state index is 0.0297. The standard InChI is InChI=1S/C14H13BrO5/c1-8(16)19-7-10-6-11(14(17)20-10)9-3-4-13(18-2)12(15)5-9/h3-6,10H,7H2,1-2H3. The zero-order valence-corrected chi connectivity index (χ0v) is 12.6. The highest BCUT2D eigenvalue weighted by molar-refractivity contribution is 9.10. The summed E-state index contributed by atoms with van der Waals surface area (Å²) in [6.45, 7) is 1.34. The van der Waals surface area contributed by atoms with E-state index in [-0.39, 0.29) is 6.61 Å². The number of carbonyl (C=O) groups is 2. The van der Waals surface area contributed by atoms with E-state index in [4.69, 9.17) is 14.2 Å². The van der Waals surface area contributed by atoms with Crippen LogP contribution < -0.4 is 4.74 Å². The van der Waals surface area contributed by atoms with Crippen LogP contribution in [0.15, 0.2) is 28.7 Å². The Balaban J connectivity index is 2.19. The molecule has 0 N–H and O–H groups in total. The number of hydrogen-bond acceptors (Lipinski definition) is 5. The van der Waals surface area contributed by atoms with E-state index in [0.717, 1.165) is 4.47 Å². The van der Waals surface area contributed by atoms with Crippen LogP contribution in [-0.4, -0.2) is 31.8 Å². The first-order valence-corrected chi connectivity index (χ1v) is 6.70. The van der Waals surface area contributed by atoms with Crippen LogP contribution in [0, 0.1) is 0 Å². The Kier molecular flexibility index (Phi) is 4.44. The van der Waals surface area contributed by atoms with Gasteiger partial charge in [-0.3, -0.25) is 4.79 Å². The topological polar surface area (TPSA) is 61.8 Å². The van der Waals surface area contributed by atoms with Crippen LogP contribution in [0.1, 0.15) is 12.5 Å². The average molecular weight is 341 g/mol. The van der Waals surface area contributed by atoms with E-state index in [1.807, 2.05) is 0 Å². The zero-order chi connectivity index (χ0) is 14.7. The van der Waals surface area contributed by atoms with E-state index in [9.17, 15) is 9.59 Å². The van der Waals surface area contributed by atoms with Crippen molar-refractivity contribution in [2.45, 2.75) is 13.0 Å². The van der Waals surface area contributed by atoms with Crippen molar-refractivity contribution in [3.05, 3.63) is 34.3 Å². The van der Waals surface area contributed by atoms with Crippen LogP contribution >= 0.6 is 15.9 Å². The van der Waals surface area contributed by atoms with Crippen molar-refractivity contribution in [1.82, 2.24) is 0 Å². The first-order chi connectivity index (χ1) is 9.51. The first-order valence-electron chi connectivity index (χ1n) is 5.91. The maximum Gasteiger partial charge on any atom is 0.339 e. The largest absolute Gasteiger partial charge is 0.496 e. The fraction of sp³-hybridized carbons (Fsp3) is 0.286. The van der Waals surface area contributed by atoms with Gasteiger partial charge in [-0.25, -0.2) is 4.79 Å². The van der Waals surface area contributed by atoms with E-state index >= 15 is 0 Å². The summed E-state index contributed by atoms with van der Waals surface area (Å²) in [5.41, 5.74) is 1.17. The Bertz CT molecular complexity index is 579. The normalized spacial score (nSPS) is 17.4. The predicted molar refractivity (Wildman–Crippen MR) is 75.2 cm³/mol. The summed E-state index contributed by atoms with van der Waals surface area (Å²) in [5, 5.41) is 0. The van der Waals surface area contributed by atoms with Crippen molar-refractivity contribution in [2.75, 3.05) is 13.7 Å². The van der Waals surface area contributed by atoms with Crippen LogP contribution in [-0.2, 0) is 19.1 Å². The second-order valence-electron chi connectivity index (χ2n) is 4.18. The van der Waals surface area contributed by atoms with Crippen LogP contribution in [0.4, 0.5) is 0 Å². The second kappa shape index (κ2) is 6.09. The third kappa shape index (κ3) is 3.19. The van der Waals surface area contributed by atoms with Gasteiger partial charge in [-0.05, 0) is 39.7 Å². The SMILES string of the molecule is COc1ccc(C2=CC(COC(C)=O)OC2=O)cc1Br. The van der Waals surface area contributed by atoms with E-state index in [2.05, 4.69) is 15.9 Å². The lowest BCUT2D eigenvalue weighted by Gasteiger charge is -2.07. The van der Waals surface area contributed by atoms with Gasteiger partial charge in [0.15, 0.2) is 6.10 Å². The molecule has 1 aliphatic heterocycles. The highest BCUT2D eigenvalue weighted by Crippen LogP contribution is 2.31. The molecular weight excluding hydrogens is 328 g/mol. The molecule has 1 aliphatic rings. The lowest BCUT2D eigenvalue weighted by Crippen LogP contribution is -2.17. The summed E-state index contributed by atoms with van der Waals surface area (Å²) in [7, 11) is 1.57. The Morgan fingerprint density at radius 2 is 2.20 bits per heavy atom. The molecule has 1 heterocycles. The molecule has 20 heavy (non-hydrogen) atoms. The summed E-state index contributed by atoms with van der Waals surface area (Å²) >= 11 is 3.37. The van der Waals surface area contributed by atoms with Gasteiger partial charge in [-0.2, -0.15) is 0 Å². The number of benzene rings is 1. The van der Waals surface area contributed by atoms with E-state index in [0.29, 0.717) is 16.9 Å². The molecule has 1 atom stereocenters. The smallest absolute Gasteiger partial charge is 0.339 e. The molecule has 0 bridgehead atoms. The molecule has 0 fully saturated rings. The molecule has 0 spiro atoms. The molecule has 6 heteroatoms. The highest BCUT2D eigenvalue weighted by atomic mass is 79.9. The summed E-state index contributed by atoms with van der Waals surface area (Å²) in [5.74, 6) is -0.161. The fourth-order valence-corrected chi connectivity index (χ4v) is 2.36. The van der Waals surface area contributed by atoms with Crippen molar-refractivity contribution in [2.24, 2.45) is 0 Å². The number of hydrogen-bond donors (Lipinski definition) is 0. The molecule has 0 amide bonds. The highest BCUT2D eigenvalue weighted by Gasteiger charge is 2.27. The van der Waals surface area contributed by atoms with Gasteiger partial charge >= 0.3 is 11.9 Å². The van der Waals surface area contributed by atoms with Crippen LogP contribution in [0.25, 0.3) is 5.57 Å². The van der Waals surface area contributed by atoms with E-state index in [1.54, 1.807) is 31.4 Å². The number of halogens is 1. The third-order valence-electron chi connectivity index (χ3n) is 2.74. The van der Waals surface area contributed by atoms with Crippen molar-refractivity contribution < 1.29 is 23.8 Å². The quantitative estimate of drug-likeness (QED) is 0.787. The van der Waals surface area contributed by atoms with Crippen molar-refractivity contribution in [3.63, 3.8) is 0 Å². The Labute approximate surface area is 124 Å². The van der Waals surface area contributed by atoms with Crippen molar-refractivity contribution in [1.29, 1.82) is 0 Å². The average Bonchev–Trinajstić information content (AvgIpc) is 2.77. The zero-order valence-electron chi connectivity index (χ0n) is 11.0. The third-order valence-corrected chi connectivity index (χ3v) is 3.36. The molecule has 1 unspecified atom stereocenters. The fourth-order valence-electron chi connectivity index (χ4n) is 1.82. The molecule has 5 nitrogen and oxygen atoms in total. The minimum atomic E-state index is -0.540. The molecule has 1 aromatic carbocycles. The second-order valence-corrected chi connectivity index (χ2v) is 5.03. The lowest BCUT2D eigenvalue weighted by atomic mass is 10.1.